The molecule has 0 aliphatic carbocycles. The average molecular weight is 328 g/mol. The first-order valence-corrected chi connectivity index (χ1v) is 8.35. The first kappa shape index (κ1) is 15.4. The molecule has 0 aliphatic rings. The Morgan fingerprint density at radius 2 is 1.68 bits per heavy atom. The largest absolute Gasteiger partial charge is 0.339 e. The van der Waals surface area contributed by atoms with Crippen LogP contribution in [0.2, 0.25) is 0 Å². The number of hydrogen-bond acceptors (Lipinski definition) is 3. The van der Waals surface area contributed by atoms with Crippen molar-refractivity contribution in [3.8, 4) is 11.3 Å². The van der Waals surface area contributed by atoms with Crippen molar-refractivity contribution in [2.24, 2.45) is 0 Å². The van der Waals surface area contributed by atoms with Gasteiger partial charge in [-0.25, -0.2) is 4.98 Å². The molecule has 4 aromatic rings. The first-order valence-electron chi connectivity index (χ1n) is 8.35. The van der Waals surface area contributed by atoms with Crippen LogP contribution in [0.25, 0.3) is 16.9 Å². The van der Waals surface area contributed by atoms with Gasteiger partial charge in [-0.1, -0.05) is 47.5 Å². The van der Waals surface area contributed by atoms with E-state index in [0.29, 0.717) is 0 Å². The number of aromatic nitrogens is 3. The molecule has 0 atom stereocenters. The summed E-state index contributed by atoms with van der Waals surface area (Å²) in [5.41, 5.74) is 7.61. The standard InChI is InChI=1S/C21H20N4/c1-14-4-7-17(8-5-14)20-21(25-11-10-22-13-19(25)24-20)23-18-9-6-15(2)12-16(18)3/h4-13,23H,1-3H3. The Morgan fingerprint density at radius 3 is 2.44 bits per heavy atom. The molecule has 2 aromatic carbocycles. The molecule has 0 spiro atoms. The minimum atomic E-state index is 0.824. The lowest BCUT2D eigenvalue weighted by Crippen LogP contribution is -1.99. The van der Waals surface area contributed by atoms with Gasteiger partial charge in [0.05, 0.1) is 6.20 Å². The number of imidazole rings is 1. The SMILES string of the molecule is Cc1ccc(-c2nc3cnccn3c2Nc2ccc(C)cc2C)cc1. The second-order valence-electron chi connectivity index (χ2n) is 6.42. The predicted octanol–water partition coefficient (Wildman–Crippen LogP) is 5.07. The molecule has 2 aromatic heterocycles. The Morgan fingerprint density at radius 1 is 0.920 bits per heavy atom. The lowest BCUT2D eigenvalue weighted by molar-refractivity contribution is 1.13. The molecule has 0 saturated heterocycles. The van der Waals surface area contributed by atoms with E-state index in [-0.39, 0.29) is 0 Å². The van der Waals surface area contributed by atoms with Crippen molar-refractivity contribution in [2.75, 3.05) is 5.32 Å². The maximum atomic E-state index is 4.79. The number of fused-ring (bicyclic) bond motifs is 1. The summed E-state index contributed by atoms with van der Waals surface area (Å²) in [5, 5.41) is 3.58. The molecule has 2 heterocycles. The predicted molar refractivity (Wildman–Crippen MR) is 102 cm³/mol. The maximum absolute atomic E-state index is 4.79. The van der Waals surface area contributed by atoms with E-state index in [4.69, 9.17) is 4.98 Å². The molecule has 1 N–H and O–H groups in total. The van der Waals surface area contributed by atoms with Gasteiger partial charge in [0.25, 0.3) is 0 Å². The minimum Gasteiger partial charge on any atom is -0.339 e. The van der Waals surface area contributed by atoms with Crippen molar-refractivity contribution in [2.45, 2.75) is 20.8 Å². The van der Waals surface area contributed by atoms with Crippen LogP contribution < -0.4 is 5.32 Å². The smallest absolute Gasteiger partial charge is 0.157 e. The van der Waals surface area contributed by atoms with Gasteiger partial charge in [0.1, 0.15) is 11.5 Å². The van der Waals surface area contributed by atoms with E-state index >= 15 is 0 Å². The molecule has 0 bridgehead atoms. The topological polar surface area (TPSA) is 42.2 Å². The van der Waals surface area contributed by atoms with E-state index in [0.717, 1.165) is 28.4 Å². The summed E-state index contributed by atoms with van der Waals surface area (Å²) in [6.45, 7) is 6.31. The highest BCUT2D eigenvalue weighted by Gasteiger charge is 2.15. The number of benzene rings is 2. The van der Waals surface area contributed by atoms with Crippen LogP contribution in [0.1, 0.15) is 16.7 Å². The van der Waals surface area contributed by atoms with Crippen molar-refractivity contribution >= 4 is 17.2 Å². The minimum absolute atomic E-state index is 0.824. The highest BCUT2D eigenvalue weighted by Crippen LogP contribution is 2.32. The molecule has 25 heavy (non-hydrogen) atoms. The fraction of sp³-hybridized carbons (Fsp3) is 0.143. The molecule has 4 nitrogen and oxygen atoms in total. The molecule has 0 saturated carbocycles. The molecular formula is C21H20N4. The van der Waals surface area contributed by atoms with Gasteiger partial charge in [-0.2, -0.15) is 0 Å². The molecule has 0 aliphatic heterocycles. The Hall–Kier alpha value is -3.14. The van der Waals surface area contributed by atoms with E-state index in [1.807, 2.05) is 10.6 Å². The second-order valence-corrected chi connectivity index (χ2v) is 6.42. The zero-order chi connectivity index (χ0) is 17.4. The zero-order valence-electron chi connectivity index (χ0n) is 14.6. The van der Waals surface area contributed by atoms with Crippen LogP contribution in [0.3, 0.4) is 0 Å². The Bertz CT molecular complexity index is 1050. The van der Waals surface area contributed by atoms with Gasteiger partial charge in [-0.05, 0) is 32.4 Å². The lowest BCUT2D eigenvalue weighted by Gasteiger charge is -2.12. The number of rotatable bonds is 3. The van der Waals surface area contributed by atoms with Crippen molar-refractivity contribution < 1.29 is 0 Å². The van der Waals surface area contributed by atoms with Crippen LogP contribution >= 0.6 is 0 Å². The molecule has 4 heteroatoms. The van der Waals surface area contributed by atoms with E-state index in [1.165, 1.54) is 16.7 Å². The monoisotopic (exact) mass is 328 g/mol. The number of anilines is 2. The summed E-state index contributed by atoms with van der Waals surface area (Å²) in [6, 6.07) is 14.8. The van der Waals surface area contributed by atoms with Gasteiger partial charge in [-0.15, -0.1) is 0 Å². The van der Waals surface area contributed by atoms with Gasteiger partial charge >= 0.3 is 0 Å². The first-order chi connectivity index (χ1) is 12.1. The van der Waals surface area contributed by atoms with E-state index in [9.17, 15) is 0 Å². The van der Waals surface area contributed by atoms with E-state index < -0.39 is 0 Å². The summed E-state index contributed by atoms with van der Waals surface area (Å²) in [5.74, 6) is 0.952. The van der Waals surface area contributed by atoms with Gasteiger partial charge in [0.2, 0.25) is 0 Å². The highest BCUT2D eigenvalue weighted by atomic mass is 15.1. The molecule has 0 unspecified atom stereocenters. The van der Waals surface area contributed by atoms with Gasteiger partial charge in [-0.3, -0.25) is 9.38 Å². The fourth-order valence-corrected chi connectivity index (χ4v) is 3.02. The van der Waals surface area contributed by atoms with Gasteiger partial charge in [0.15, 0.2) is 5.65 Å². The summed E-state index contributed by atoms with van der Waals surface area (Å²) < 4.78 is 2.04. The molecular weight excluding hydrogens is 308 g/mol. The Kier molecular flexibility index (Phi) is 3.73. The summed E-state index contributed by atoms with van der Waals surface area (Å²) in [6.07, 6.45) is 5.50. The summed E-state index contributed by atoms with van der Waals surface area (Å²) >= 11 is 0. The quantitative estimate of drug-likeness (QED) is 0.571. The van der Waals surface area contributed by atoms with E-state index in [2.05, 4.69) is 73.5 Å². The fourth-order valence-electron chi connectivity index (χ4n) is 3.02. The van der Waals surface area contributed by atoms with Crippen molar-refractivity contribution in [1.29, 1.82) is 0 Å². The van der Waals surface area contributed by atoms with Gasteiger partial charge in [0, 0.05) is 23.6 Å². The van der Waals surface area contributed by atoms with Crippen LogP contribution in [0, 0.1) is 20.8 Å². The van der Waals surface area contributed by atoms with Crippen LogP contribution in [0.15, 0.2) is 61.1 Å². The van der Waals surface area contributed by atoms with Crippen molar-refractivity contribution in [1.82, 2.24) is 14.4 Å². The third-order valence-electron chi connectivity index (χ3n) is 4.39. The van der Waals surface area contributed by atoms with Crippen LogP contribution in [-0.4, -0.2) is 14.4 Å². The molecule has 4 rings (SSSR count). The van der Waals surface area contributed by atoms with Gasteiger partial charge < -0.3 is 5.32 Å². The third-order valence-corrected chi connectivity index (χ3v) is 4.39. The highest BCUT2D eigenvalue weighted by molar-refractivity contribution is 5.80. The van der Waals surface area contributed by atoms with Crippen molar-refractivity contribution in [3.63, 3.8) is 0 Å². The number of hydrogen-bond donors (Lipinski definition) is 1. The molecule has 0 radical (unpaired) electrons. The third kappa shape index (κ3) is 2.87. The molecule has 0 fully saturated rings. The molecule has 124 valence electrons. The Labute approximate surface area is 147 Å². The van der Waals surface area contributed by atoms with E-state index in [1.54, 1.807) is 12.4 Å². The van der Waals surface area contributed by atoms with Crippen LogP contribution in [-0.2, 0) is 0 Å². The Balaban J connectivity index is 1.88. The summed E-state index contributed by atoms with van der Waals surface area (Å²) in [4.78, 5) is 8.99. The zero-order valence-corrected chi connectivity index (χ0v) is 14.6. The summed E-state index contributed by atoms with van der Waals surface area (Å²) in [7, 11) is 0. The lowest BCUT2D eigenvalue weighted by atomic mass is 10.1. The number of aryl methyl sites for hydroxylation is 3. The average Bonchev–Trinajstić information content (AvgIpc) is 2.97. The maximum Gasteiger partial charge on any atom is 0.157 e. The number of nitrogens with one attached hydrogen (secondary N) is 1. The normalized spacial score (nSPS) is 11.0. The second kappa shape index (κ2) is 6.06. The van der Waals surface area contributed by atoms with Crippen LogP contribution in [0.5, 0.6) is 0 Å². The van der Waals surface area contributed by atoms with Crippen molar-refractivity contribution in [3.05, 3.63) is 77.7 Å². The number of nitrogens with zero attached hydrogens (tertiary/aromatic N) is 3. The van der Waals surface area contributed by atoms with Crippen LogP contribution in [0.4, 0.5) is 11.5 Å². The molecule has 0 amide bonds.